The van der Waals surface area contributed by atoms with Crippen molar-refractivity contribution in [1.82, 2.24) is 5.32 Å². The molecular formula is C18H27NO6. The van der Waals surface area contributed by atoms with Crippen LogP contribution < -0.4 is 10.1 Å². The molecule has 25 heavy (non-hydrogen) atoms. The molecule has 0 heterocycles. The number of nitrogens with one attached hydrogen (secondary N) is 1. The van der Waals surface area contributed by atoms with Gasteiger partial charge in [-0.2, -0.15) is 0 Å². The molecule has 0 fully saturated rings. The van der Waals surface area contributed by atoms with E-state index in [-0.39, 0.29) is 19.1 Å². The standard InChI is InChI=1S/C18H27NO6/c1-12(20)19-15(10-25-18(2,3)4)16(21)11-24-17(22)13-6-8-14(23-5)9-7-13/h6-9,15-16,21H,10-11H2,1-5H3,(H,19,20)/t15-,16-/m1/s1. The van der Waals surface area contributed by atoms with E-state index >= 15 is 0 Å². The topological polar surface area (TPSA) is 94.1 Å². The molecule has 140 valence electrons. The molecule has 0 radical (unpaired) electrons. The molecule has 1 aromatic carbocycles. The number of esters is 1. The Balaban J connectivity index is 2.60. The van der Waals surface area contributed by atoms with Gasteiger partial charge in [-0.15, -0.1) is 0 Å². The minimum atomic E-state index is -1.09. The predicted octanol–water partition coefficient (Wildman–Crippen LogP) is 1.53. The minimum absolute atomic E-state index is 0.102. The number of rotatable bonds is 8. The number of ether oxygens (including phenoxy) is 3. The fourth-order valence-corrected chi connectivity index (χ4v) is 1.94. The van der Waals surface area contributed by atoms with Crippen LogP contribution in [0.15, 0.2) is 24.3 Å². The molecule has 1 amide bonds. The SMILES string of the molecule is COc1ccc(C(=O)OC[C@@H](O)[C@@H](COC(C)(C)C)NC(C)=O)cc1. The van der Waals surface area contributed by atoms with Crippen LogP contribution in [0.3, 0.4) is 0 Å². The van der Waals surface area contributed by atoms with Gasteiger partial charge in [-0.1, -0.05) is 0 Å². The van der Waals surface area contributed by atoms with Crippen LogP contribution in [0, 0.1) is 0 Å². The van der Waals surface area contributed by atoms with Crippen molar-refractivity contribution in [2.45, 2.75) is 45.4 Å². The third kappa shape index (κ3) is 8.00. The zero-order chi connectivity index (χ0) is 19.0. The Morgan fingerprint density at radius 2 is 1.76 bits per heavy atom. The first-order valence-corrected chi connectivity index (χ1v) is 8.02. The predicted molar refractivity (Wildman–Crippen MR) is 92.6 cm³/mol. The van der Waals surface area contributed by atoms with Gasteiger partial charge < -0.3 is 24.6 Å². The fraction of sp³-hybridized carbons (Fsp3) is 0.556. The van der Waals surface area contributed by atoms with Gasteiger partial charge in [-0.05, 0) is 45.0 Å². The van der Waals surface area contributed by atoms with Gasteiger partial charge >= 0.3 is 5.97 Å². The highest BCUT2D eigenvalue weighted by Gasteiger charge is 2.24. The largest absolute Gasteiger partial charge is 0.497 e. The number of benzene rings is 1. The van der Waals surface area contributed by atoms with Crippen molar-refractivity contribution in [2.24, 2.45) is 0 Å². The Labute approximate surface area is 148 Å². The average Bonchev–Trinajstić information content (AvgIpc) is 2.55. The monoisotopic (exact) mass is 353 g/mol. The molecule has 0 spiro atoms. The van der Waals surface area contributed by atoms with Gasteiger partial charge in [0, 0.05) is 6.92 Å². The first kappa shape index (κ1) is 20.9. The molecule has 0 unspecified atom stereocenters. The van der Waals surface area contributed by atoms with E-state index in [2.05, 4.69) is 5.32 Å². The van der Waals surface area contributed by atoms with Crippen LogP contribution in [0.2, 0.25) is 0 Å². The lowest BCUT2D eigenvalue weighted by Crippen LogP contribution is -2.48. The first-order valence-electron chi connectivity index (χ1n) is 8.02. The lowest BCUT2D eigenvalue weighted by Gasteiger charge is -2.27. The van der Waals surface area contributed by atoms with Gasteiger partial charge in [0.1, 0.15) is 18.5 Å². The van der Waals surface area contributed by atoms with Gasteiger partial charge in [0.25, 0.3) is 0 Å². The van der Waals surface area contributed by atoms with E-state index in [9.17, 15) is 14.7 Å². The van der Waals surface area contributed by atoms with Gasteiger partial charge in [-0.25, -0.2) is 4.79 Å². The number of aliphatic hydroxyl groups is 1. The normalized spacial score (nSPS) is 13.7. The van der Waals surface area contributed by atoms with Gasteiger partial charge in [0.2, 0.25) is 5.91 Å². The molecule has 0 saturated carbocycles. The summed E-state index contributed by atoms with van der Waals surface area (Å²) in [5, 5.41) is 12.8. The number of amides is 1. The maximum absolute atomic E-state index is 12.0. The molecule has 0 bridgehead atoms. The van der Waals surface area contributed by atoms with E-state index in [1.165, 1.54) is 14.0 Å². The summed E-state index contributed by atoms with van der Waals surface area (Å²) in [7, 11) is 1.53. The van der Waals surface area contributed by atoms with Crippen molar-refractivity contribution in [3.8, 4) is 5.75 Å². The molecule has 2 atom stereocenters. The zero-order valence-corrected chi connectivity index (χ0v) is 15.4. The number of hydrogen-bond donors (Lipinski definition) is 2. The highest BCUT2D eigenvalue weighted by atomic mass is 16.5. The second kappa shape index (κ2) is 9.39. The summed E-state index contributed by atoms with van der Waals surface area (Å²) < 4.78 is 15.7. The van der Waals surface area contributed by atoms with Gasteiger partial charge in [-0.3, -0.25) is 4.79 Å². The summed E-state index contributed by atoms with van der Waals surface area (Å²) in [5.41, 5.74) is -0.0778. The molecule has 1 aromatic rings. The number of methoxy groups -OCH3 is 1. The maximum atomic E-state index is 12.0. The Bertz CT molecular complexity index is 564. The zero-order valence-electron chi connectivity index (χ0n) is 15.4. The minimum Gasteiger partial charge on any atom is -0.497 e. The molecular weight excluding hydrogens is 326 g/mol. The van der Waals surface area contributed by atoms with E-state index < -0.39 is 23.7 Å². The molecule has 7 heteroatoms. The van der Waals surface area contributed by atoms with Crippen LogP contribution in [0.4, 0.5) is 0 Å². The average molecular weight is 353 g/mol. The Morgan fingerprint density at radius 3 is 2.24 bits per heavy atom. The lowest BCUT2D eigenvalue weighted by molar-refractivity contribution is -0.122. The second-order valence-electron chi connectivity index (χ2n) is 6.62. The van der Waals surface area contributed by atoms with E-state index in [1.807, 2.05) is 20.8 Å². The molecule has 0 saturated heterocycles. The van der Waals surface area contributed by atoms with Crippen LogP contribution in [0.1, 0.15) is 38.1 Å². The molecule has 1 rings (SSSR count). The molecule has 0 aliphatic carbocycles. The summed E-state index contributed by atoms with van der Waals surface area (Å²) in [5.74, 6) is -0.246. The number of hydrogen-bond acceptors (Lipinski definition) is 6. The smallest absolute Gasteiger partial charge is 0.338 e. The lowest BCUT2D eigenvalue weighted by atomic mass is 10.1. The Hall–Kier alpha value is -2.12. The van der Waals surface area contributed by atoms with E-state index in [0.717, 1.165) is 0 Å². The van der Waals surface area contributed by atoms with Crippen molar-refractivity contribution in [3.05, 3.63) is 29.8 Å². The number of aliphatic hydroxyl groups excluding tert-OH is 1. The van der Waals surface area contributed by atoms with Crippen molar-refractivity contribution in [2.75, 3.05) is 20.3 Å². The second-order valence-corrected chi connectivity index (χ2v) is 6.62. The third-order valence-corrected chi connectivity index (χ3v) is 3.26. The molecule has 0 aliphatic rings. The maximum Gasteiger partial charge on any atom is 0.338 e. The number of carbonyl (C=O) groups excluding carboxylic acids is 2. The van der Waals surface area contributed by atoms with Crippen LogP contribution in [-0.2, 0) is 14.3 Å². The number of carbonyl (C=O) groups is 2. The summed E-state index contributed by atoms with van der Waals surface area (Å²) in [6.45, 7) is 6.80. The summed E-state index contributed by atoms with van der Waals surface area (Å²) in [6, 6.07) is 5.75. The van der Waals surface area contributed by atoms with Crippen molar-refractivity contribution < 1.29 is 28.9 Å². The van der Waals surface area contributed by atoms with Crippen molar-refractivity contribution >= 4 is 11.9 Å². The van der Waals surface area contributed by atoms with Crippen LogP contribution in [0.5, 0.6) is 5.75 Å². The van der Waals surface area contributed by atoms with Crippen molar-refractivity contribution in [3.63, 3.8) is 0 Å². The molecule has 0 aromatic heterocycles. The Kier molecular flexibility index (Phi) is 7.86. The fourth-order valence-electron chi connectivity index (χ4n) is 1.94. The van der Waals surface area contributed by atoms with E-state index in [1.54, 1.807) is 24.3 Å². The first-order chi connectivity index (χ1) is 11.6. The molecule has 0 aliphatic heterocycles. The van der Waals surface area contributed by atoms with E-state index in [4.69, 9.17) is 14.2 Å². The van der Waals surface area contributed by atoms with Crippen molar-refractivity contribution in [1.29, 1.82) is 0 Å². The van der Waals surface area contributed by atoms with Crippen LogP contribution in [-0.4, -0.2) is 55.1 Å². The summed E-state index contributed by atoms with van der Waals surface area (Å²) >= 11 is 0. The Morgan fingerprint density at radius 1 is 1.16 bits per heavy atom. The van der Waals surface area contributed by atoms with Crippen LogP contribution in [0.25, 0.3) is 0 Å². The van der Waals surface area contributed by atoms with Gasteiger partial charge in [0.05, 0.1) is 30.9 Å². The quantitative estimate of drug-likeness (QED) is 0.689. The third-order valence-electron chi connectivity index (χ3n) is 3.26. The highest BCUT2D eigenvalue weighted by molar-refractivity contribution is 5.89. The summed E-state index contributed by atoms with van der Waals surface area (Å²) in [4.78, 5) is 23.3. The van der Waals surface area contributed by atoms with E-state index in [0.29, 0.717) is 11.3 Å². The van der Waals surface area contributed by atoms with Gasteiger partial charge in [0.15, 0.2) is 0 Å². The molecule has 2 N–H and O–H groups in total. The molecule has 7 nitrogen and oxygen atoms in total. The van der Waals surface area contributed by atoms with Crippen LogP contribution >= 0.6 is 0 Å². The summed E-state index contributed by atoms with van der Waals surface area (Å²) in [6.07, 6.45) is -1.09. The highest BCUT2D eigenvalue weighted by Crippen LogP contribution is 2.13.